The van der Waals surface area contributed by atoms with Gasteiger partial charge in [-0.15, -0.1) is 0 Å². The summed E-state index contributed by atoms with van der Waals surface area (Å²) in [6.45, 7) is 0. The molecule has 0 aliphatic rings. The second kappa shape index (κ2) is 6.01. The number of esters is 1. The summed E-state index contributed by atoms with van der Waals surface area (Å²) in [7, 11) is 0. The first-order chi connectivity index (χ1) is 10.3. The Kier molecular flexibility index (Phi) is 3.74. The number of carbonyl (C=O) groups excluding carboxylic acids is 1. The summed E-state index contributed by atoms with van der Waals surface area (Å²) in [6.07, 6.45) is 1.59. The lowest BCUT2D eigenvalue weighted by molar-refractivity contribution is 0.0727. The number of pyridine rings is 1. The number of rotatable bonds is 3. The minimum atomic E-state index is -0.411. The van der Waals surface area contributed by atoms with E-state index in [1.165, 1.54) is 0 Å². The lowest BCUT2D eigenvalue weighted by atomic mass is 10.0. The first-order valence-electron chi connectivity index (χ1n) is 6.61. The Balaban J connectivity index is 1.85. The molecule has 102 valence electrons. The van der Waals surface area contributed by atoms with Crippen molar-refractivity contribution in [1.29, 1.82) is 0 Å². The number of nitrogens with zero attached hydrogens (tertiary/aromatic N) is 1. The summed E-state index contributed by atoms with van der Waals surface area (Å²) in [5, 5.41) is 0. The molecule has 1 heterocycles. The fourth-order valence-corrected chi connectivity index (χ4v) is 2.02. The molecule has 0 atom stereocenters. The van der Waals surface area contributed by atoms with Gasteiger partial charge >= 0.3 is 5.97 Å². The van der Waals surface area contributed by atoms with Gasteiger partial charge in [0.05, 0.1) is 5.56 Å². The van der Waals surface area contributed by atoms with Crippen LogP contribution in [0.4, 0.5) is 0 Å². The van der Waals surface area contributed by atoms with Gasteiger partial charge in [0.1, 0.15) is 0 Å². The van der Waals surface area contributed by atoms with E-state index >= 15 is 0 Å². The Morgan fingerprint density at radius 2 is 1.57 bits per heavy atom. The number of carbonyl (C=O) groups is 1. The molecule has 0 bridgehead atoms. The van der Waals surface area contributed by atoms with Crippen LogP contribution in [0.3, 0.4) is 0 Å². The van der Waals surface area contributed by atoms with E-state index in [4.69, 9.17) is 4.74 Å². The zero-order valence-corrected chi connectivity index (χ0v) is 11.3. The van der Waals surface area contributed by atoms with Gasteiger partial charge < -0.3 is 4.74 Å². The second-order valence-corrected chi connectivity index (χ2v) is 4.50. The molecule has 0 unspecified atom stereocenters. The molecule has 0 saturated heterocycles. The summed E-state index contributed by atoms with van der Waals surface area (Å²) < 4.78 is 5.24. The van der Waals surface area contributed by atoms with Crippen LogP contribution in [0, 0.1) is 0 Å². The van der Waals surface area contributed by atoms with Crippen molar-refractivity contribution in [3.63, 3.8) is 0 Å². The maximum absolute atomic E-state index is 12.1. The Morgan fingerprint density at radius 1 is 0.810 bits per heavy atom. The van der Waals surface area contributed by atoms with Crippen molar-refractivity contribution >= 4 is 5.97 Å². The predicted octanol–water partition coefficient (Wildman–Crippen LogP) is 3.97. The van der Waals surface area contributed by atoms with Crippen molar-refractivity contribution in [2.75, 3.05) is 0 Å². The van der Waals surface area contributed by atoms with E-state index in [1.807, 2.05) is 48.5 Å². The number of benzene rings is 2. The van der Waals surface area contributed by atoms with Crippen LogP contribution in [0.1, 0.15) is 10.4 Å². The average Bonchev–Trinajstić information content (AvgIpc) is 2.57. The highest BCUT2D eigenvalue weighted by Crippen LogP contribution is 2.20. The lowest BCUT2D eigenvalue weighted by Crippen LogP contribution is -2.09. The highest BCUT2D eigenvalue weighted by Gasteiger charge is 2.10. The molecule has 3 rings (SSSR count). The molecule has 3 heteroatoms. The van der Waals surface area contributed by atoms with Crippen LogP contribution >= 0.6 is 0 Å². The van der Waals surface area contributed by atoms with Gasteiger partial charge in [-0.2, -0.15) is 0 Å². The zero-order chi connectivity index (χ0) is 14.5. The molecular weight excluding hydrogens is 262 g/mol. The fraction of sp³-hybridized carbons (Fsp3) is 0. The van der Waals surface area contributed by atoms with E-state index in [-0.39, 0.29) is 0 Å². The van der Waals surface area contributed by atoms with Crippen LogP contribution < -0.4 is 4.74 Å². The van der Waals surface area contributed by atoms with Crippen LogP contribution in [0.5, 0.6) is 5.88 Å². The highest BCUT2D eigenvalue weighted by atomic mass is 16.5. The number of aromatic nitrogens is 1. The third-order valence-corrected chi connectivity index (χ3v) is 3.04. The van der Waals surface area contributed by atoms with Gasteiger partial charge in [-0.3, -0.25) is 0 Å². The molecule has 0 N–H and O–H groups in total. The zero-order valence-electron chi connectivity index (χ0n) is 11.3. The molecule has 3 aromatic rings. The average molecular weight is 275 g/mol. The minimum Gasteiger partial charge on any atom is -0.404 e. The number of hydrogen-bond donors (Lipinski definition) is 0. The summed E-state index contributed by atoms with van der Waals surface area (Å²) >= 11 is 0. The van der Waals surface area contributed by atoms with Crippen LogP contribution in [-0.2, 0) is 0 Å². The topological polar surface area (TPSA) is 39.2 Å². The molecule has 0 radical (unpaired) electrons. The Hall–Kier alpha value is -2.94. The quantitative estimate of drug-likeness (QED) is 0.679. The molecule has 0 amide bonds. The molecule has 21 heavy (non-hydrogen) atoms. The molecule has 3 nitrogen and oxygen atoms in total. The van der Waals surface area contributed by atoms with Crippen LogP contribution in [0.25, 0.3) is 11.1 Å². The number of ether oxygens (including phenoxy) is 1. The van der Waals surface area contributed by atoms with Crippen molar-refractivity contribution < 1.29 is 9.53 Å². The summed E-state index contributed by atoms with van der Waals surface area (Å²) in [4.78, 5) is 16.1. The molecule has 0 aliphatic heterocycles. The Labute approximate surface area is 122 Å². The van der Waals surface area contributed by atoms with Gasteiger partial charge in [-0.05, 0) is 29.3 Å². The van der Waals surface area contributed by atoms with E-state index in [9.17, 15) is 4.79 Å². The van der Waals surface area contributed by atoms with Gasteiger partial charge in [0.2, 0.25) is 5.88 Å². The summed E-state index contributed by atoms with van der Waals surface area (Å²) in [5.41, 5.74) is 2.54. The molecule has 1 aromatic heterocycles. The smallest absolute Gasteiger partial charge is 0.344 e. The Bertz CT molecular complexity index is 739. The standard InChI is InChI=1S/C18H13NO2/c20-18(21-17-11-4-5-12-19-17)16-10-6-9-15(13-16)14-7-2-1-3-8-14/h1-13H. The molecule has 0 saturated carbocycles. The van der Waals surface area contributed by atoms with Gasteiger partial charge in [0.15, 0.2) is 0 Å². The number of hydrogen-bond acceptors (Lipinski definition) is 3. The fourth-order valence-electron chi connectivity index (χ4n) is 2.02. The maximum Gasteiger partial charge on any atom is 0.344 e. The monoisotopic (exact) mass is 275 g/mol. The Morgan fingerprint density at radius 3 is 2.33 bits per heavy atom. The van der Waals surface area contributed by atoms with E-state index in [2.05, 4.69) is 4.98 Å². The van der Waals surface area contributed by atoms with Gasteiger partial charge in [-0.1, -0.05) is 48.5 Å². The lowest BCUT2D eigenvalue weighted by Gasteiger charge is -2.05. The predicted molar refractivity (Wildman–Crippen MR) is 81.1 cm³/mol. The summed E-state index contributed by atoms with van der Waals surface area (Å²) in [5.74, 6) is -0.112. The van der Waals surface area contributed by atoms with Crippen molar-refractivity contribution in [3.05, 3.63) is 84.6 Å². The van der Waals surface area contributed by atoms with Gasteiger partial charge in [0, 0.05) is 12.3 Å². The summed E-state index contributed by atoms with van der Waals surface area (Å²) in [6, 6.07) is 22.5. The van der Waals surface area contributed by atoms with Crippen molar-refractivity contribution in [2.45, 2.75) is 0 Å². The van der Waals surface area contributed by atoms with Crippen LogP contribution in [0.2, 0.25) is 0 Å². The normalized spacial score (nSPS) is 10.1. The van der Waals surface area contributed by atoms with Crippen LogP contribution in [-0.4, -0.2) is 11.0 Å². The highest BCUT2D eigenvalue weighted by molar-refractivity contribution is 5.92. The van der Waals surface area contributed by atoms with Crippen molar-refractivity contribution in [2.24, 2.45) is 0 Å². The van der Waals surface area contributed by atoms with Crippen LogP contribution in [0.15, 0.2) is 79.0 Å². The van der Waals surface area contributed by atoms with E-state index in [0.717, 1.165) is 11.1 Å². The van der Waals surface area contributed by atoms with Gasteiger partial charge in [0.25, 0.3) is 0 Å². The van der Waals surface area contributed by atoms with E-state index < -0.39 is 5.97 Å². The molecule has 0 spiro atoms. The third kappa shape index (κ3) is 3.15. The van der Waals surface area contributed by atoms with Crippen molar-refractivity contribution in [3.8, 4) is 17.0 Å². The molecule has 0 fully saturated rings. The van der Waals surface area contributed by atoms with Crippen molar-refractivity contribution in [1.82, 2.24) is 4.98 Å². The first-order valence-corrected chi connectivity index (χ1v) is 6.61. The molecule has 2 aromatic carbocycles. The van der Waals surface area contributed by atoms with Gasteiger partial charge in [-0.25, -0.2) is 9.78 Å². The second-order valence-electron chi connectivity index (χ2n) is 4.50. The van der Waals surface area contributed by atoms with E-state index in [0.29, 0.717) is 11.4 Å². The molecule has 0 aliphatic carbocycles. The first kappa shape index (κ1) is 13.1. The third-order valence-electron chi connectivity index (χ3n) is 3.04. The largest absolute Gasteiger partial charge is 0.404 e. The van der Waals surface area contributed by atoms with E-state index in [1.54, 1.807) is 30.5 Å². The maximum atomic E-state index is 12.1. The SMILES string of the molecule is O=C(Oc1ccccn1)c1cccc(-c2ccccc2)c1. The molecular formula is C18H13NO2. The minimum absolute atomic E-state index is 0.299.